The molecule has 0 unspecified atom stereocenters. The van der Waals surface area contributed by atoms with Crippen LogP contribution in [0.3, 0.4) is 0 Å². The largest absolute Gasteiger partial charge is 0.480 e. The normalized spacial score (nSPS) is 13.9. The van der Waals surface area contributed by atoms with Crippen LogP contribution in [0, 0.1) is 11.8 Å². The number of carboxylic acids is 1. The van der Waals surface area contributed by atoms with Crippen molar-refractivity contribution in [3.63, 3.8) is 0 Å². The van der Waals surface area contributed by atoms with Crippen LogP contribution in [-0.2, 0) is 24.0 Å². The number of hydrogen-bond donors (Lipinski definition) is 7. The molecule has 0 rings (SSSR count). The Morgan fingerprint density at radius 2 is 0.917 bits per heavy atom. The summed E-state index contributed by atoms with van der Waals surface area (Å²) in [4.78, 5) is 65.1. The minimum Gasteiger partial charge on any atom is -0.480 e. The molecule has 0 spiro atoms. The second kappa shape index (κ2) is 28.1. The summed E-state index contributed by atoms with van der Waals surface area (Å²) in [5.74, 6) is -2.86. The highest BCUT2D eigenvalue weighted by atomic mass is 16.4. The van der Waals surface area contributed by atoms with Gasteiger partial charge in [-0.3, -0.25) is 19.2 Å². The number of unbranched alkanes of at least 4 members (excludes halogenated alkanes) is 10. The van der Waals surface area contributed by atoms with Crippen LogP contribution in [0.15, 0.2) is 0 Å². The monoisotopic (exact) mass is 683 g/mol. The van der Waals surface area contributed by atoms with Crippen molar-refractivity contribution in [1.29, 1.82) is 0 Å². The molecule has 0 aromatic rings. The van der Waals surface area contributed by atoms with Crippen molar-refractivity contribution in [1.82, 2.24) is 21.3 Å². The lowest BCUT2D eigenvalue weighted by molar-refractivity contribution is -0.142. The van der Waals surface area contributed by atoms with E-state index in [9.17, 15) is 29.1 Å². The van der Waals surface area contributed by atoms with Crippen LogP contribution < -0.4 is 32.7 Å². The van der Waals surface area contributed by atoms with Gasteiger partial charge in [-0.2, -0.15) is 0 Å². The van der Waals surface area contributed by atoms with E-state index in [1.807, 2.05) is 27.7 Å². The van der Waals surface area contributed by atoms with Gasteiger partial charge in [0.1, 0.15) is 24.2 Å². The minimum absolute atomic E-state index is 0.0210. The smallest absolute Gasteiger partial charge is 0.326 e. The lowest BCUT2D eigenvalue weighted by Crippen LogP contribution is -2.58. The second-order valence-electron chi connectivity index (χ2n) is 14.0. The van der Waals surface area contributed by atoms with Gasteiger partial charge in [-0.05, 0) is 82.7 Å². The van der Waals surface area contributed by atoms with Gasteiger partial charge in [0, 0.05) is 6.42 Å². The molecule has 0 radical (unpaired) electrons. The summed E-state index contributed by atoms with van der Waals surface area (Å²) in [6, 6.07) is -3.86. The van der Waals surface area contributed by atoms with Crippen molar-refractivity contribution in [3.05, 3.63) is 0 Å². The van der Waals surface area contributed by atoms with Gasteiger partial charge >= 0.3 is 5.97 Å². The Morgan fingerprint density at radius 1 is 0.521 bits per heavy atom. The van der Waals surface area contributed by atoms with Crippen LogP contribution in [0.1, 0.15) is 150 Å². The van der Waals surface area contributed by atoms with Crippen molar-refractivity contribution in [2.24, 2.45) is 23.3 Å². The number of nitrogens with two attached hydrogens (primary N) is 2. The van der Waals surface area contributed by atoms with E-state index in [0.29, 0.717) is 58.0 Å². The molecule has 4 amide bonds. The van der Waals surface area contributed by atoms with E-state index in [1.54, 1.807) is 0 Å². The molecular weight excluding hydrogens is 612 g/mol. The van der Waals surface area contributed by atoms with Gasteiger partial charge in [0.25, 0.3) is 0 Å². The van der Waals surface area contributed by atoms with Gasteiger partial charge in [0.15, 0.2) is 0 Å². The summed E-state index contributed by atoms with van der Waals surface area (Å²) in [6.07, 6.45) is 14.3. The quantitative estimate of drug-likeness (QED) is 0.0543. The molecule has 0 bridgehead atoms. The standard InChI is InChI=1S/C36H70N6O6/c1-6-7-8-9-10-11-12-13-14-21-32(43)39-28(19-15-17-22-37)33(44)41-31(25-27(4)5)35(46)42-30(24-26(2)3)34(45)40-29(36(47)48)20-16-18-23-38/h26-31H,6-25,37-38H2,1-5H3,(H,39,43)(H,40,45)(H,41,44)(H,42,46)(H,47,48)/t28-,29-,30+,31-/m0/s1. The van der Waals surface area contributed by atoms with Crippen molar-refractivity contribution in [2.45, 2.75) is 174 Å². The van der Waals surface area contributed by atoms with Crippen molar-refractivity contribution < 1.29 is 29.1 Å². The number of rotatable bonds is 30. The fourth-order valence-corrected chi connectivity index (χ4v) is 5.60. The maximum atomic E-state index is 13.6. The molecule has 0 heterocycles. The first kappa shape index (κ1) is 45.3. The molecule has 12 heteroatoms. The molecule has 9 N–H and O–H groups in total. The molecule has 280 valence electrons. The molecule has 0 fully saturated rings. The van der Waals surface area contributed by atoms with Crippen LogP contribution in [0.4, 0.5) is 0 Å². The van der Waals surface area contributed by atoms with Gasteiger partial charge in [0.05, 0.1) is 0 Å². The second-order valence-corrected chi connectivity index (χ2v) is 14.0. The molecule has 4 atom stereocenters. The zero-order valence-corrected chi connectivity index (χ0v) is 30.7. The fourth-order valence-electron chi connectivity index (χ4n) is 5.60. The average Bonchev–Trinajstić information content (AvgIpc) is 3.01. The van der Waals surface area contributed by atoms with Crippen LogP contribution in [-0.4, -0.2) is 72.0 Å². The van der Waals surface area contributed by atoms with Gasteiger partial charge in [0.2, 0.25) is 23.6 Å². The van der Waals surface area contributed by atoms with Crippen molar-refractivity contribution >= 4 is 29.6 Å². The summed E-state index contributed by atoms with van der Waals surface area (Å²) in [7, 11) is 0. The van der Waals surface area contributed by atoms with Gasteiger partial charge in [-0.15, -0.1) is 0 Å². The predicted octanol–water partition coefficient (Wildman–Crippen LogP) is 4.28. The summed E-state index contributed by atoms with van der Waals surface area (Å²) < 4.78 is 0. The lowest BCUT2D eigenvalue weighted by atomic mass is 9.99. The summed E-state index contributed by atoms with van der Waals surface area (Å²) >= 11 is 0. The Labute approximate surface area is 290 Å². The number of aliphatic carboxylic acids is 1. The van der Waals surface area contributed by atoms with Crippen LogP contribution >= 0.6 is 0 Å². The van der Waals surface area contributed by atoms with Gasteiger partial charge in [-0.1, -0.05) is 86.0 Å². The van der Waals surface area contributed by atoms with Crippen molar-refractivity contribution in [2.75, 3.05) is 13.1 Å². The molecule has 0 saturated heterocycles. The van der Waals surface area contributed by atoms with E-state index in [2.05, 4.69) is 28.2 Å². The summed E-state index contributed by atoms with van der Waals surface area (Å²) in [5.41, 5.74) is 11.2. The maximum absolute atomic E-state index is 13.6. The molecule has 48 heavy (non-hydrogen) atoms. The van der Waals surface area contributed by atoms with E-state index in [-0.39, 0.29) is 30.6 Å². The molecule has 0 aliphatic carbocycles. The Hall–Kier alpha value is -2.73. The molecular formula is C36H70N6O6. The fraction of sp³-hybridized carbons (Fsp3) is 0.861. The number of amides is 4. The summed E-state index contributed by atoms with van der Waals surface area (Å²) in [6.45, 7) is 10.8. The first-order valence-corrected chi connectivity index (χ1v) is 18.7. The highest BCUT2D eigenvalue weighted by molar-refractivity contribution is 5.95. The van der Waals surface area contributed by atoms with Crippen LogP contribution in [0.2, 0.25) is 0 Å². The van der Waals surface area contributed by atoms with Crippen LogP contribution in [0.5, 0.6) is 0 Å². The topological polar surface area (TPSA) is 206 Å². The maximum Gasteiger partial charge on any atom is 0.326 e. The first-order chi connectivity index (χ1) is 22.9. The Kier molecular flexibility index (Phi) is 26.5. The van der Waals surface area contributed by atoms with E-state index in [1.165, 1.54) is 38.5 Å². The highest BCUT2D eigenvalue weighted by Crippen LogP contribution is 2.13. The number of nitrogens with one attached hydrogen (secondary N) is 4. The molecule has 0 aromatic heterocycles. The van der Waals surface area contributed by atoms with Crippen molar-refractivity contribution in [3.8, 4) is 0 Å². The molecule has 0 aliphatic heterocycles. The minimum atomic E-state index is -1.15. The molecule has 12 nitrogen and oxygen atoms in total. The third-order valence-corrected chi connectivity index (χ3v) is 8.35. The number of carbonyl (C=O) groups is 5. The van der Waals surface area contributed by atoms with Crippen LogP contribution in [0.25, 0.3) is 0 Å². The Balaban J connectivity index is 5.48. The van der Waals surface area contributed by atoms with E-state index < -0.39 is 47.9 Å². The van der Waals surface area contributed by atoms with E-state index in [4.69, 9.17) is 11.5 Å². The Bertz CT molecular complexity index is 915. The number of hydrogen-bond acceptors (Lipinski definition) is 7. The predicted molar refractivity (Wildman–Crippen MR) is 192 cm³/mol. The Morgan fingerprint density at radius 3 is 1.33 bits per heavy atom. The molecule has 0 aromatic carbocycles. The summed E-state index contributed by atoms with van der Waals surface area (Å²) in [5, 5.41) is 20.7. The third-order valence-electron chi connectivity index (χ3n) is 8.35. The van der Waals surface area contributed by atoms with E-state index >= 15 is 0 Å². The zero-order valence-electron chi connectivity index (χ0n) is 30.7. The molecule has 0 aliphatic rings. The zero-order chi connectivity index (χ0) is 36.3. The first-order valence-electron chi connectivity index (χ1n) is 18.7. The third kappa shape index (κ3) is 22.8. The SMILES string of the molecule is CCCCCCCCCCCC(=O)N[C@@H](CCCCN)C(=O)N[C@@H](CC(C)C)C(=O)N[C@H](CC(C)C)C(=O)N[C@@H](CCCCN)C(=O)O. The average molecular weight is 683 g/mol. The molecule has 0 saturated carbocycles. The van der Waals surface area contributed by atoms with E-state index in [0.717, 1.165) is 19.3 Å². The number of carbonyl (C=O) groups excluding carboxylic acids is 4. The van der Waals surface area contributed by atoms with Gasteiger partial charge in [-0.25, -0.2) is 4.79 Å². The lowest BCUT2D eigenvalue weighted by Gasteiger charge is -2.27. The highest BCUT2D eigenvalue weighted by Gasteiger charge is 2.32. The van der Waals surface area contributed by atoms with Gasteiger partial charge < -0.3 is 37.8 Å². The number of carboxylic acid groups (broad SMARTS) is 1.